The summed E-state index contributed by atoms with van der Waals surface area (Å²) in [6, 6.07) is 90.3. The van der Waals surface area contributed by atoms with Gasteiger partial charge in [-0.25, -0.2) is 0 Å². The maximum Gasteiger partial charge on any atom is 0.159 e. The van der Waals surface area contributed by atoms with Gasteiger partial charge in [0, 0.05) is 77.0 Å². The van der Waals surface area contributed by atoms with Crippen LogP contribution in [-0.4, -0.2) is 0 Å². The third kappa shape index (κ3) is 6.95. The monoisotopic (exact) mass is 1050 g/mol. The van der Waals surface area contributed by atoms with E-state index >= 15 is 0 Å². The van der Waals surface area contributed by atoms with Crippen LogP contribution in [0.3, 0.4) is 0 Å². The summed E-state index contributed by atoms with van der Waals surface area (Å²) in [7, 11) is 0. The van der Waals surface area contributed by atoms with Gasteiger partial charge in [0.25, 0.3) is 0 Å². The molecular formula is C76H48N2O4. The first-order valence-electron chi connectivity index (χ1n) is 27.9. The lowest BCUT2D eigenvalue weighted by Gasteiger charge is -2.27. The fourth-order valence-electron chi connectivity index (χ4n) is 13.0. The van der Waals surface area contributed by atoms with Gasteiger partial charge in [-0.3, -0.25) is 0 Å². The van der Waals surface area contributed by atoms with E-state index in [-0.39, 0.29) is 0 Å². The highest BCUT2D eigenvalue weighted by atomic mass is 16.3. The van der Waals surface area contributed by atoms with Gasteiger partial charge >= 0.3 is 0 Å². The molecular weight excluding hydrogens is 1000 g/mol. The largest absolute Gasteiger partial charge is 0.455 e. The summed E-state index contributed by atoms with van der Waals surface area (Å²) in [6.45, 7) is 4.33. The second-order valence-electron chi connectivity index (χ2n) is 21.6. The Labute approximate surface area is 470 Å². The Bertz CT molecular complexity index is 5110. The molecule has 0 saturated carbocycles. The fourth-order valence-corrected chi connectivity index (χ4v) is 13.0. The Balaban J connectivity index is 0.888. The first kappa shape index (κ1) is 46.1. The number of furan rings is 4. The van der Waals surface area contributed by atoms with Crippen LogP contribution in [0.1, 0.15) is 11.1 Å². The van der Waals surface area contributed by atoms with E-state index in [0.29, 0.717) is 0 Å². The molecule has 6 nitrogen and oxygen atoms in total. The third-order valence-corrected chi connectivity index (χ3v) is 16.8. The average Bonchev–Trinajstić information content (AvgIpc) is 3.69. The van der Waals surface area contributed by atoms with Gasteiger partial charge in [0.2, 0.25) is 0 Å². The smallest absolute Gasteiger partial charge is 0.159 e. The van der Waals surface area contributed by atoms with Gasteiger partial charge in [-0.2, -0.15) is 0 Å². The normalized spacial score (nSPS) is 12.0. The molecule has 0 fully saturated rings. The van der Waals surface area contributed by atoms with Crippen LogP contribution in [0.25, 0.3) is 132 Å². The van der Waals surface area contributed by atoms with Crippen LogP contribution in [0.5, 0.6) is 0 Å². The van der Waals surface area contributed by atoms with Gasteiger partial charge in [0.15, 0.2) is 11.2 Å². The van der Waals surface area contributed by atoms with Gasteiger partial charge in [0.05, 0.1) is 11.4 Å². The van der Waals surface area contributed by atoms with E-state index in [0.717, 1.165) is 177 Å². The predicted octanol–water partition coefficient (Wildman–Crippen LogP) is 22.5. The maximum atomic E-state index is 7.40. The van der Waals surface area contributed by atoms with E-state index in [1.807, 2.05) is 24.3 Å². The molecule has 4 heterocycles. The average molecular weight is 1050 g/mol. The molecule has 0 N–H and O–H groups in total. The number of rotatable bonds is 8. The highest BCUT2D eigenvalue weighted by Crippen LogP contribution is 2.53. The molecule has 0 saturated heterocycles. The van der Waals surface area contributed by atoms with Gasteiger partial charge in [-0.1, -0.05) is 170 Å². The van der Waals surface area contributed by atoms with E-state index < -0.39 is 0 Å². The number of hydrogen-bond acceptors (Lipinski definition) is 6. The van der Waals surface area contributed by atoms with Crippen molar-refractivity contribution in [3.05, 3.63) is 266 Å². The van der Waals surface area contributed by atoms with E-state index in [2.05, 4.69) is 254 Å². The third-order valence-electron chi connectivity index (χ3n) is 16.8. The Morgan fingerprint density at radius 2 is 0.634 bits per heavy atom. The van der Waals surface area contributed by atoms with Crippen molar-refractivity contribution in [3.63, 3.8) is 0 Å². The minimum atomic E-state index is 0.794. The summed E-state index contributed by atoms with van der Waals surface area (Å²) in [5.41, 5.74) is 19.1. The SMILES string of the molecule is Cc1ccccc1N(c1ccc2cc3c(cc2c1)oc1c(-c2ccccc2)c2c(oc4cc5cc(N(c6ccccc6C)c6cccc7c6oc6ccccc67)ccc5cc42)c(-c2ccccc2)c13)c1cccc2c1oc1ccccc12. The van der Waals surface area contributed by atoms with Gasteiger partial charge < -0.3 is 27.5 Å². The zero-order valence-electron chi connectivity index (χ0n) is 44.8. The molecule has 4 aromatic heterocycles. The van der Waals surface area contributed by atoms with Crippen LogP contribution >= 0.6 is 0 Å². The van der Waals surface area contributed by atoms with Crippen LogP contribution < -0.4 is 9.80 Å². The lowest BCUT2D eigenvalue weighted by atomic mass is 9.90. The molecule has 82 heavy (non-hydrogen) atoms. The van der Waals surface area contributed by atoms with E-state index in [1.54, 1.807) is 0 Å². The van der Waals surface area contributed by atoms with Crippen LogP contribution in [0, 0.1) is 13.8 Å². The number of nitrogens with zero attached hydrogens (tertiary/aromatic N) is 2. The number of benzene rings is 13. The molecule has 0 amide bonds. The van der Waals surface area contributed by atoms with Gasteiger partial charge in [0.1, 0.15) is 33.5 Å². The molecule has 0 aliphatic rings. The quantitative estimate of drug-likeness (QED) is 0.151. The van der Waals surface area contributed by atoms with E-state index in [1.165, 1.54) is 0 Å². The van der Waals surface area contributed by atoms with Crippen LogP contribution in [0.2, 0.25) is 0 Å². The van der Waals surface area contributed by atoms with Crippen LogP contribution in [-0.2, 0) is 0 Å². The molecule has 13 aromatic carbocycles. The molecule has 0 radical (unpaired) electrons. The first-order chi connectivity index (χ1) is 40.5. The summed E-state index contributed by atoms with van der Waals surface area (Å²) >= 11 is 0. The summed E-state index contributed by atoms with van der Waals surface area (Å²) in [6.07, 6.45) is 0. The number of fused-ring (bicyclic) bond motifs is 14. The Kier molecular flexibility index (Phi) is 10.0. The molecule has 17 rings (SSSR count). The fraction of sp³-hybridized carbons (Fsp3) is 0.0263. The van der Waals surface area contributed by atoms with Crippen molar-refractivity contribution in [2.45, 2.75) is 13.8 Å². The van der Waals surface area contributed by atoms with Crippen molar-refractivity contribution in [2.75, 3.05) is 9.80 Å². The minimum absolute atomic E-state index is 0.794. The topological polar surface area (TPSA) is 59.0 Å². The van der Waals surface area contributed by atoms with Crippen molar-refractivity contribution in [1.29, 1.82) is 0 Å². The van der Waals surface area contributed by atoms with Crippen molar-refractivity contribution in [1.82, 2.24) is 0 Å². The van der Waals surface area contributed by atoms with Crippen molar-refractivity contribution >= 4 is 143 Å². The highest BCUT2D eigenvalue weighted by molar-refractivity contribution is 6.31. The summed E-state index contributed by atoms with van der Waals surface area (Å²) in [4.78, 5) is 4.66. The highest BCUT2D eigenvalue weighted by Gasteiger charge is 2.29. The zero-order chi connectivity index (χ0) is 54.2. The summed E-state index contributed by atoms with van der Waals surface area (Å²) in [5, 5.41) is 12.7. The van der Waals surface area contributed by atoms with Crippen molar-refractivity contribution in [3.8, 4) is 22.3 Å². The number of hydrogen-bond donors (Lipinski definition) is 0. The lowest BCUT2D eigenvalue weighted by Crippen LogP contribution is -2.11. The van der Waals surface area contributed by atoms with Crippen LogP contribution in [0.4, 0.5) is 34.1 Å². The molecule has 0 atom stereocenters. The lowest BCUT2D eigenvalue weighted by molar-refractivity contribution is 0.666. The second kappa shape index (κ2) is 17.8. The van der Waals surface area contributed by atoms with Crippen molar-refractivity contribution < 1.29 is 17.7 Å². The molecule has 0 aliphatic carbocycles. The molecule has 6 heteroatoms. The predicted molar refractivity (Wildman–Crippen MR) is 340 cm³/mol. The second-order valence-corrected chi connectivity index (χ2v) is 21.6. The summed E-state index contributed by atoms with van der Waals surface area (Å²) < 4.78 is 28.2. The Morgan fingerprint density at radius 3 is 1.09 bits per heavy atom. The van der Waals surface area contributed by atoms with Crippen molar-refractivity contribution in [2.24, 2.45) is 0 Å². The van der Waals surface area contributed by atoms with Gasteiger partial charge in [-0.05, 0) is 143 Å². The number of anilines is 6. The zero-order valence-corrected chi connectivity index (χ0v) is 44.8. The minimum Gasteiger partial charge on any atom is -0.455 e. The molecule has 0 unspecified atom stereocenters. The standard InChI is InChI=1S/C76H48N2O4/c1-45-19-9-13-29-61(45)77(63-31-17-27-57-55-25-11-15-33-65(55)79-73(57)63)53-37-35-49-41-59-67(43-51(49)39-53)81-75-70(48-23-7-4-8-24-48)72-60-42-50-36-38-54(40-52(50)44-68(60)82-76(72)69(71(59)75)47-21-5-3-6-22-47)78(62-30-14-10-20-46(62)2)64-32-18-28-58-56-26-12-16-34-66(56)80-74(58)64/h3-44H,1-2H3. The van der Waals surface area contributed by atoms with E-state index in [9.17, 15) is 0 Å². The van der Waals surface area contributed by atoms with E-state index in [4.69, 9.17) is 17.7 Å². The Morgan fingerprint density at radius 1 is 0.256 bits per heavy atom. The first-order valence-corrected chi connectivity index (χ1v) is 27.9. The molecule has 386 valence electrons. The molecule has 0 bridgehead atoms. The maximum absolute atomic E-state index is 7.40. The van der Waals surface area contributed by atoms with Crippen LogP contribution in [0.15, 0.2) is 272 Å². The van der Waals surface area contributed by atoms with Gasteiger partial charge in [-0.15, -0.1) is 0 Å². The number of para-hydroxylation sites is 6. The summed E-state index contributed by atoms with van der Waals surface area (Å²) in [5.74, 6) is 0. The molecule has 0 spiro atoms. The number of aryl methyl sites for hydroxylation is 2. The molecule has 0 aliphatic heterocycles. The Hall–Kier alpha value is -10.8. The molecule has 17 aromatic rings.